The molecular formula is C33H34N4O4. The molecule has 8 heteroatoms. The molecule has 0 spiro atoms. The molecule has 0 bridgehead atoms. The van der Waals surface area contributed by atoms with Crippen molar-refractivity contribution in [3.05, 3.63) is 126 Å². The van der Waals surface area contributed by atoms with E-state index in [1.54, 1.807) is 35.2 Å². The Kier molecular flexibility index (Phi) is 9.26. The number of ether oxygens (including phenoxy) is 1. The maximum Gasteiger partial charge on any atom is 0.323 e. The molecule has 0 aliphatic carbocycles. The first-order valence-corrected chi connectivity index (χ1v) is 13.8. The van der Waals surface area contributed by atoms with Crippen molar-refractivity contribution in [1.29, 1.82) is 0 Å². The van der Waals surface area contributed by atoms with Gasteiger partial charge < -0.3 is 25.4 Å². The van der Waals surface area contributed by atoms with Crippen molar-refractivity contribution in [2.24, 2.45) is 0 Å². The number of hydrogen-bond acceptors (Lipinski definition) is 5. The predicted octanol–water partition coefficient (Wildman–Crippen LogP) is 5.25. The molecule has 1 aliphatic heterocycles. The van der Waals surface area contributed by atoms with Crippen LogP contribution in [0.25, 0.3) is 0 Å². The number of para-hydroxylation sites is 1. The normalized spacial score (nSPS) is 13.6. The summed E-state index contributed by atoms with van der Waals surface area (Å²) in [5.74, 6) is 0.259. The molecule has 1 heterocycles. The Hall–Kier alpha value is -4.66. The SMILES string of the molecule is O=C(Nc1ccccc1)Nc1ccc(OC(c2ccccc2)c2ccccc2)c(C(=O)N2CCN(CCO)CC2)c1. The van der Waals surface area contributed by atoms with Crippen molar-refractivity contribution in [3.8, 4) is 5.75 Å². The van der Waals surface area contributed by atoms with E-state index in [-0.39, 0.29) is 12.5 Å². The van der Waals surface area contributed by atoms with Gasteiger partial charge in [-0.1, -0.05) is 78.9 Å². The van der Waals surface area contributed by atoms with Crippen molar-refractivity contribution in [2.45, 2.75) is 6.10 Å². The molecule has 4 aromatic rings. The number of anilines is 2. The van der Waals surface area contributed by atoms with Gasteiger partial charge in [0.1, 0.15) is 11.9 Å². The first-order chi connectivity index (χ1) is 20.1. The van der Waals surface area contributed by atoms with E-state index in [1.165, 1.54) is 0 Å². The van der Waals surface area contributed by atoms with Crippen molar-refractivity contribution < 1.29 is 19.4 Å². The number of piperazine rings is 1. The van der Waals surface area contributed by atoms with E-state index in [0.29, 0.717) is 55.4 Å². The fraction of sp³-hybridized carbons (Fsp3) is 0.212. The summed E-state index contributed by atoms with van der Waals surface area (Å²) < 4.78 is 6.63. The standard InChI is InChI=1S/C33H34N4O4/c38-23-22-36-18-20-37(21-19-36)32(39)29-24-28(35-33(40)34-27-14-8-3-9-15-27)16-17-30(29)41-31(25-10-4-1-5-11-25)26-12-6-2-7-13-26/h1-17,24,31,38H,18-23H2,(H2,34,35,40). The van der Waals surface area contributed by atoms with Crippen molar-refractivity contribution in [1.82, 2.24) is 9.80 Å². The summed E-state index contributed by atoms with van der Waals surface area (Å²) in [5, 5.41) is 14.9. The van der Waals surface area contributed by atoms with E-state index in [4.69, 9.17) is 4.74 Å². The molecule has 0 atom stereocenters. The lowest BCUT2D eigenvalue weighted by Crippen LogP contribution is -2.49. The fourth-order valence-electron chi connectivity index (χ4n) is 4.89. The summed E-state index contributed by atoms with van der Waals surface area (Å²) in [4.78, 5) is 30.6. The molecule has 41 heavy (non-hydrogen) atoms. The van der Waals surface area contributed by atoms with Crippen LogP contribution in [-0.2, 0) is 0 Å². The minimum atomic E-state index is -0.439. The summed E-state index contributed by atoms with van der Waals surface area (Å²) in [6, 6.07) is 33.7. The number of benzene rings is 4. The first-order valence-electron chi connectivity index (χ1n) is 13.8. The van der Waals surface area contributed by atoms with E-state index >= 15 is 0 Å². The van der Waals surface area contributed by atoms with Crippen LogP contribution < -0.4 is 15.4 Å². The van der Waals surface area contributed by atoms with Gasteiger partial charge in [0.05, 0.1) is 12.2 Å². The maximum absolute atomic E-state index is 13.9. The zero-order valence-electron chi connectivity index (χ0n) is 22.8. The van der Waals surface area contributed by atoms with Crippen LogP contribution in [0.1, 0.15) is 27.6 Å². The number of nitrogens with one attached hydrogen (secondary N) is 2. The fourth-order valence-corrected chi connectivity index (χ4v) is 4.89. The highest BCUT2D eigenvalue weighted by Crippen LogP contribution is 2.33. The molecular weight excluding hydrogens is 516 g/mol. The van der Waals surface area contributed by atoms with Gasteiger partial charge in [-0.25, -0.2) is 4.79 Å². The van der Waals surface area contributed by atoms with E-state index in [9.17, 15) is 14.7 Å². The number of rotatable bonds is 9. The first kappa shape index (κ1) is 27.9. The summed E-state index contributed by atoms with van der Waals surface area (Å²) in [6.07, 6.45) is -0.439. The Bertz CT molecular complexity index is 1390. The van der Waals surface area contributed by atoms with Crippen LogP contribution in [0.15, 0.2) is 109 Å². The zero-order chi connectivity index (χ0) is 28.4. The summed E-state index contributed by atoms with van der Waals surface area (Å²) in [7, 11) is 0. The molecule has 1 fully saturated rings. The number of carbonyl (C=O) groups is 2. The van der Waals surface area contributed by atoms with Crippen LogP contribution in [0.5, 0.6) is 5.75 Å². The molecule has 3 amide bonds. The summed E-state index contributed by atoms with van der Waals surface area (Å²) in [6.45, 7) is 3.09. The molecule has 5 rings (SSSR count). The lowest BCUT2D eigenvalue weighted by molar-refractivity contribution is 0.0609. The topological polar surface area (TPSA) is 94.1 Å². The van der Waals surface area contributed by atoms with Gasteiger partial charge in [-0.2, -0.15) is 0 Å². The highest BCUT2D eigenvalue weighted by atomic mass is 16.5. The van der Waals surface area contributed by atoms with Crippen molar-refractivity contribution >= 4 is 23.3 Å². The van der Waals surface area contributed by atoms with E-state index < -0.39 is 12.1 Å². The Morgan fingerprint density at radius 1 is 0.732 bits per heavy atom. The predicted molar refractivity (Wildman–Crippen MR) is 160 cm³/mol. The number of amides is 3. The van der Waals surface area contributed by atoms with Crippen LogP contribution in [0.4, 0.5) is 16.2 Å². The van der Waals surface area contributed by atoms with Crippen LogP contribution in [0.2, 0.25) is 0 Å². The second-order valence-corrected chi connectivity index (χ2v) is 9.83. The van der Waals surface area contributed by atoms with Gasteiger partial charge in [0.2, 0.25) is 0 Å². The molecule has 1 saturated heterocycles. The third-order valence-corrected chi connectivity index (χ3v) is 7.02. The number of urea groups is 1. The Morgan fingerprint density at radius 2 is 1.29 bits per heavy atom. The molecule has 8 nitrogen and oxygen atoms in total. The number of hydrogen-bond donors (Lipinski definition) is 3. The minimum absolute atomic E-state index is 0.0883. The second-order valence-electron chi connectivity index (χ2n) is 9.83. The van der Waals surface area contributed by atoms with E-state index in [1.807, 2.05) is 78.9 Å². The molecule has 0 radical (unpaired) electrons. The molecule has 210 valence electrons. The lowest BCUT2D eigenvalue weighted by Gasteiger charge is -2.34. The Balaban J connectivity index is 1.44. The minimum Gasteiger partial charge on any atom is -0.480 e. The van der Waals surface area contributed by atoms with Crippen LogP contribution >= 0.6 is 0 Å². The molecule has 0 saturated carbocycles. The molecule has 1 aliphatic rings. The maximum atomic E-state index is 13.9. The van der Waals surface area contributed by atoms with Gasteiger partial charge in [0.25, 0.3) is 5.91 Å². The van der Waals surface area contributed by atoms with Crippen LogP contribution in [0.3, 0.4) is 0 Å². The van der Waals surface area contributed by atoms with Gasteiger partial charge in [-0.3, -0.25) is 9.69 Å². The van der Waals surface area contributed by atoms with Crippen molar-refractivity contribution in [2.75, 3.05) is 50.0 Å². The van der Waals surface area contributed by atoms with Gasteiger partial charge in [-0.05, 0) is 41.5 Å². The number of aliphatic hydroxyl groups excluding tert-OH is 1. The highest BCUT2D eigenvalue weighted by molar-refractivity contribution is 6.02. The molecule has 4 aromatic carbocycles. The largest absolute Gasteiger partial charge is 0.480 e. The number of β-amino-alcohol motifs (C(OH)–C–C–N with tert-alkyl or cyclic N) is 1. The molecule has 0 unspecified atom stereocenters. The zero-order valence-corrected chi connectivity index (χ0v) is 22.8. The van der Waals surface area contributed by atoms with Crippen LogP contribution in [0, 0.1) is 0 Å². The molecule has 3 N–H and O–H groups in total. The average Bonchev–Trinajstić information content (AvgIpc) is 3.02. The van der Waals surface area contributed by atoms with Crippen molar-refractivity contribution in [3.63, 3.8) is 0 Å². The number of nitrogens with zero attached hydrogens (tertiary/aromatic N) is 2. The summed E-state index contributed by atoms with van der Waals surface area (Å²) >= 11 is 0. The molecule has 0 aromatic heterocycles. The van der Waals surface area contributed by atoms with Gasteiger partial charge in [0, 0.05) is 44.1 Å². The van der Waals surface area contributed by atoms with Crippen LogP contribution in [-0.4, -0.2) is 66.2 Å². The third kappa shape index (κ3) is 7.30. The average molecular weight is 551 g/mol. The smallest absolute Gasteiger partial charge is 0.323 e. The monoisotopic (exact) mass is 550 g/mol. The second kappa shape index (κ2) is 13.6. The van der Waals surface area contributed by atoms with Gasteiger partial charge in [0.15, 0.2) is 0 Å². The Morgan fingerprint density at radius 3 is 1.88 bits per heavy atom. The Labute approximate surface area is 240 Å². The van der Waals surface area contributed by atoms with Gasteiger partial charge >= 0.3 is 6.03 Å². The van der Waals surface area contributed by atoms with E-state index in [0.717, 1.165) is 11.1 Å². The summed E-state index contributed by atoms with van der Waals surface area (Å²) in [5.41, 5.74) is 3.42. The third-order valence-electron chi connectivity index (χ3n) is 7.02. The number of aliphatic hydroxyl groups is 1. The lowest BCUT2D eigenvalue weighted by atomic mass is 10.0. The number of carbonyl (C=O) groups excluding carboxylic acids is 2. The highest BCUT2D eigenvalue weighted by Gasteiger charge is 2.26. The van der Waals surface area contributed by atoms with Gasteiger partial charge in [-0.15, -0.1) is 0 Å². The van der Waals surface area contributed by atoms with E-state index in [2.05, 4.69) is 15.5 Å². The quantitative estimate of drug-likeness (QED) is 0.265.